The molecule has 0 unspecified atom stereocenters. The summed E-state index contributed by atoms with van der Waals surface area (Å²) in [5.74, 6) is 0.505. The van der Waals surface area contributed by atoms with Gasteiger partial charge in [-0.25, -0.2) is 9.97 Å². The predicted octanol–water partition coefficient (Wildman–Crippen LogP) is 14.2. The Balaban J connectivity index is 1.24. The standard InChI is InChI=1S/C53H36N2O/c1-53(2)45-26-10-8-21-43(45)50-44(25-14-27-46(50)53)48-32-47(54-52(55-48)34-16-4-3-5-17-34)37-30-35(39-22-12-18-33-15-6-7-19-38(33)39)29-36(31-37)40-23-13-24-42-41-20-9-11-28-49(41)56-51(40)42/h3-32H,1-2H3/i6D,7D,12D,15D,18D,19D,22D. The Bertz CT molecular complexity index is 3570. The molecule has 0 spiro atoms. The van der Waals surface area contributed by atoms with Gasteiger partial charge in [0.2, 0.25) is 0 Å². The molecular weight excluding hydrogens is 681 g/mol. The third kappa shape index (κ3) is 5.05. The highest BCUT2D eigenvalue weighted by molar-refractivity contribution is 6.10. The van der Waals surface area contributed by atoms with Crippen molar-refractivity contribution in [3.63, 3.8) is 0 Å². The minimum atomic E-state index is -0.504. The normalized spacial score (nSPS) is 14.7. The first-order valence-corrected chi connectivity index (χ1v) is 18.7. The van der Waals surface area contributed by atoms with Gasteiger partial charge in [0.05, 0.1) is 21.0 Å². The van der Waals surface area contributed by atoms with Gasteiger partial charge in [-0.1, -0.05) is 165 Å². The molecule has 2 heterocycles. The lowest BCUT2D eigenvalue weighted by molar-refractivity contribution is 0.660. The second kappa shape index (κ2) is 12.5. The van der Waals surface area contributed by atoms with Crippen molar-refractivity contribution >= 4 is 32.7 Å². The average Bonchev–Trinajstić information content (AvgIpc) is 3.81. The molecule has 10 aromatic rings. The summed E-state index contributed by atoms with van der Waals surface area (Å²) in [6.45, 7) is 4.50. The number of rotatable bonds is 5. The highest BCUT2D eigenvalue weighted by Gasteiger charge is 2.36. The molecule has 11 rings (SSSR count). The molecule has 3 nitrogen and oxygen atoms in total. The molecule has 0 atom stereocenters. The maximum absolute atomic E-state index is 9.35. The van der Waals surface area contributed by atoms with Gasteiger partial charge in [0.25, 0.3) is 0 Å². The summed E-state index contributed by atoms with van der Waals surface area (Å²) in [6, 6.07) is 43.2. The second-order valence-electron chi connectivity index (χ2n) is 14.8. The molecule has 264 valence electrons. The lowest BCUT2D eigenvalue weighted by atomic mass is 9.82. The molecule has 0 fully saturated rings. The zero-order chi connectivity index (χ0) is 43.5. The van der Waals surface area contributed by atoms with Crippen LogP contribution in [0.4, 0.5) is 0 Å². The Labute approximate surface area is 335 Å². The van der Waals surface area contributed by atoms with Crippen molar-refractivity contribution in [2.45, 2.75) is 19.3 Å². The van der Waals surface area contributed by atoms with Crippen LogP contribution >= 0.6 is 0 Å². The highest BCUT2D eigenvalue weighted by atomic mass is 16.3. The first-order valence-electron chi connectivity index (χ1n) is 22.2. The van der Waals surface area contributed by atoms with Gasteiger partial charge in [0.15, 0.2) is 5.82 Å². The summed E-state index contributed by atoms with van der Waals surface area (Å²) in [4.78, 5) is 10.5. The molecule has 8 aromatic carbocycles. The molecule has 0 aliphatic heterocycles. The summed E-state index contributed by atoms with van der Waals surface area (Å²) in [5, 5.41) is 1.77. The molecule has 0 bridgehead atoms. The van der Waals surface area contributed by atoms with Gasteiger partial charge < -0.3 is 4.42 Å². The fourth-order valence-electron chi connectivity index (χ4n) is 8.50. The second-order valence-corrected chi connectivity index (χ2v) is 14.8. The van der Waals surface area contributed by atoms with Crippen LogP contribution in [0.25, 0.3) is 100.0 Å². The lowest BCUT2D eigenvalue weighted by Crippen LogP contribution is -2.14. The van der Waals surface area contributed by atoms with Crippen molar-refractivity contribution in [3.8, 4) is 67.3 Å². The van der Waals surface area contributed by atoms with Gasteiger partial charge in [0.1, 0.15) is 11.2 Å². The van der Waals surface area contributed by atoms with Gasteiger partial charge in [-0.05, 0) is 80.0 Å². The van der Waals surface area contributed by atoms with E-state index < -0.39 is 30.2 Å². The molecule has 1 aliphatic carbocycles. The largest absolute Gasteiger partial charge is 0.455 e. The summed E-state index contributed by atoms with van der Waals surface area (Å²) in [6.07, 6.45) is 0. The molecule has 56 heavy (non-hydrogen) atoms. The minimum absolute atomic E-state index is 0.00604. The molecular formula is C53H36N2O. The van der Waals surface area contributed by atoms with Crippen LogP contribution in [-0.2, 0) is 5.41 Å². The topological polar surface area (TPSA) is 38.9 Å². The Kier molecular flexibility index (Phi) is 5.76. The smallest absolute Gasteiger partial charge is 0.160 e. The fraction of sp³-hybridized carbons (Fsp3) is 0.0566. The third-order valence-corrected chi connectivity index (χ3v) is 11.2. The van der Waals surface area contributed by atoms with E-state index in [2.05, 4.69) is 56.3 Å². The maximum Gasteiger partial charge on any atom is 0.160 e. The van der Waals surface area contributed by atoms with Gasteiger partial charge in [-0.2, -0.15) is 0 Å². The van der Waals surface area contributed by atoms with Crippen molar-refractivity contribution in [1.82, 2.24) is 9.97 Å². The van der Waals surface area contributed by atoms with Gasteiger partial charge >= 0.3 is 0 Å². The molecule has 0 amide bonds. The first kappa shape index (κ1) is 25.8. The van der Waals surface area contributed by atoms with E-state index in [4.69, 9.17) is 22.6 Å². The Morgan fingerprint density at radius 2 is 1.14 bits per heavy atom. The highest BCUT2D eigenvalue weighted by Crippen LogP contribution is 2.52. The number of benzene rings is 8. The van der Waals surface area contributed by atoms with Crippen LogP contribution in [0.1, 0.15) is 34.6 Å². The van der Waals surface area contributed by atoms with Crippen LogP contribution in [-0.4, -0.2) is 9.97 Å². The monoisotopic (exact) mass is 723 g/mol. The summed E-state index contributed by atoms with van der Waals surface area (Å²) in [7, 11) is 0. The third-order valence-electron chi connectivity index (χ3n) is 11.2. The summed E-state index contributed by atoms with van der Waals surface area (Å²) in [5.41, 5.74) is 11.5. The van der Waals surface area contributed by atoms with E-state index in [0.29, 0.717) is 39.5 Å². The number of aromatic nitrogens is 2. The van der Waals surface area contributed by atoms with E-state index in [1.54, 1.807) is 0 Å². The van der Waals surface area contributed by atoms with Crippen LogP contribution in [0.2, 0.25) is 0 Å². The van der Waals surface area contributed by atoms with Crippen molar-refractivity contribution in [1.29, 1.82) is 0 Å². The first-order chi connectivity index (χ1) is 30.4. The number of nitrogens with zero attached hydrogens (tertiary/aromatic N) is 2. The van der Waals surface area contributed by atoms with Crippen LogP contribution in [0.3, 0.4) is 0 Å². The van der Waals surface area contributed by atoms with Crippen molar-refractivity contribution in [2.24, 2.45) is 0 Å². The molecule has 0 radical (unpaired) electrons. The van der Waals surface area contributed by atoms with Gasteiger partial charge in [0, 0.05) is 38.4 Å². The van der Waals surface area contributed by atoms with Crippen LogP contribution in [0.5, 0.6) is 0 Å². The van der Waals surface area contributed by atoms with E-state index in [0.717, 1.165) is 44.2 Å². The van der Waals surface area contributed by atoms with Gasteiger partial charge in [-0.15, -0.1) is 0 Å². The molecule has 0 saturated carbocycles. The molecule has 3 heteroatoms. The van der Waals surface area contributed by atoms with E-state index in [-0.39, 0.29) is 33.8 Å². The number of para-hydroxylation sites is 2. The predicted molar refractivity (Wildman–Crippen MR) is 232 cm³/mol. The van der Waals surface area contributed by atoms with Crippen LogP contribution in [0.15, 0.2) is 186 Å². The molecule has 1 aliphatic rings. The SMILES string of the molecule is [2H]c1c([2H])c([2H])c2c(-c3cc(-c4cc(-c5cccc6c5-c5ccccc5C6(C)C)nc(-c5ccccc5)n4)cc(-c4cccc5c4oc4ccccc45)c3)c([2H])c([2H])c([2H])c2c1[2H]. The molecule has 0 N–H and O–H groups in total. The average molecular weight is 724 g/mol. The summed E-state index contributed by atoms with van der Waals surface area (Å²) < 4.78 is 68.7. The Morgan fingerprint density at radius 1 is 0.482 bits per heavy atom. The van der Waals surface area contributed by atoms with Crippen LogP contribution in [0, 0.1) is 0 Å². The number of hydrogen-bond donors (Lipinski definition) is 0. The van der Waals surface area contributed by atoms with Gasteiger partial charge in [-0.3, -0.25) is 0 Å². The van der Waals surface area contributed by atoms with E-state index in [1.807, 2.05) is 97.1 Å². The molecule has 0 saturated heterocycles. The minimum Gasteiger partial charge on any atom is -0.455 e. The maximum atomic E-state index is 9.35. The van der Waals surface area contributed by atoms with Crippen LogP contribution < -0.4 is 0 Å². The van der Waals surface area contributed by atoms with Crippen molar-refractivity contribution in [3.05, 3.63) is 193 Å². The number of fused-ring (bicyclic) bond motifs is 7. The Morgan fingerprint density at radius 3 is 2.05 bits per heavy atom. The van der Waals surface area contributed by atoms with E-state index in [1.165, 1.54) is 11.1 Å². The van der Waals surface area contributed by atoms with E-state index in [9.17, 15) is 1.37 Å². The molecule has 2 aromatic heterocycles. The number of hydrogen-bond acceptors (Lipinski definition) is 3. The zero-order valence-corrected chi connectivity index (χ0v) is 30.6. The Hall–Kier alpha value is -7.10. The van der Waals surface area contributed by atoms with Crippen molar-refractivity contribution < 1.29 is 14.0 Å². The fourth-order valence-corrected chi connectivity index (χ4v) is 8.50. The zero-order valence-electron chi connectivity index (χ0n) is 37.6. The van der Waals surface area contributed by atoms with Crippen molar-refractivity contribution in [2.75, 3.05) is 0 Å². The lowest BCUT2D eigenvalue weighted by Gasteiger charge is -2.21. The quantitative estimate of drug-likeness (QED) is 0.177. The number of furan rings is 1. The summed E-state index contributed by atoms with van der Waals surface area (Å²) >= 11 is 0. The van der Waals surface area contributed by atoms with E-state index >= 15 is 0 Å².